The highest BCUT2D eigenvalue weighted by molar-refractivity contribution is 6.06. The van der Waals surface area contributed by atoms with E-state index in [1.54, 1.807) is 6.20 Å². The molecule has 7 nitrogen and oxygen atoms in total. The Morgan fingerprint density at radius 1 is 1.30 bits per heavy atom. The quantitative estimate of drug-likeness (QED) is 0.550. The van der Waals surface area contributed by atoms with Gasteiger partial charge >= 0.3 is 0 Å². The van der Waals surface area contributed by atoms with E-state index in [4.69, 9.17) is 5.11 Å². The van der Waals surface area contributed by atoms with Crippen LogP contribution in [0.1, 0.15) is 42.5 Å². The van der Waals surface area contributed by atoms with Gasteiger partial charge in [0.1, 0.15) is 5.65 Å². The number of anilines is 1. The van der Waals surface area contributed by atoms with Crippen LogP contribution in [0.3, 0.4) is 0 Å². The molecular weight excluding hydrogens is 344 g/mol. The van der Waals surface area contributed by atoms with Crippen molar-refractivity contribution in [1.29, 1.82) is 0 Å². The molecule has 27 heavy (non-hydrogen) atoms. The summed E-state index contributed by atoms with van der Waals surface area (Å²) in [5.74, 6) is 1.29. The summed E-state index contributed by atoms with van der Waals surface area (Å²) in [6.45, 7) is 0.119. The van der Waals surface area contributed by atoms with Crippen LogP contribution in [0.25, 0.3) is 11.0 Å². The second kappa shape index (κ2) is 6.21. The molecule has 7 heteroatoms. The van der Waals surface area contributed by atoms with Gasteiger partial charge in [0.25, 0.3) is 5.91 Å². The number of hydrogen-bond donors (Lipinski definition) is 5. The maximum Gasteiger partial charge on any atom is 0.255 e. The van der Waals surface area contributed by atoms with Crippen molar-refractivity contribution in [3.63, 3.8) is 0 Å². The normalized spacial score (nSPS) is 34.1. The summed E-state index contributed by atoms with van der Waals surface area (Å²) < 4.78 is 0. The average Bonchev–Trinajstić information content (AvgIpc) is 3.10. The van der Waals surface area contributed by atoms with Gasteiger partial charge < -0.3 is 25.8 Å². The Morgan fingerprint density at radius 3 is 2.78 bits per heavy atom. The fraction of sp³-hybridized carbons (Fsp3) is 0.600. The first-order valence-corrected chi connectivity index (χ1v) is 9.90. The van der Waals surface area contributed by atoms with E-state index < -0.39 is 5.60 Å². The molecular formula is C20H26N4O3. The number of carbonyl (C=O) groups excluding carboxylic acids is 1. The Bertz CT molecular complexity index is 863. The Labute approximate surface area is 157 Å². The molecule has 4 aliphatic carbocycles. The van der Waals surface area contributed by atoms with Crippen molar-refractivity contribution in [2.75, 3.05) is 18.5 Å². The van der Waals surface area contributed by atoms with Gasteiger partial charge in [0.15, 0.2) is 0 Å². The molecule has 4 aliphatic rings. The van der Waals surface area contributed by atoms with Gasteiger partial charge in [0.2, 0.25) is 0 Å². The molecule has 1 amide bonds. The van der Waals surface area contributed by atoms with Gasteiger partial charge in [0, 0.05) is 30.4 Å². The minimum absolute atomic E-state index is 0.0962. The smallest absolute Gasteiger partial charge is 0.255 e. The van der Waals surface area contributed by atoms with Crippen molar-refractivity contribution >= 4 is 22.6 Å². The van der Waals surface area contributed by atoms with Crippen LogP contribution in [0.2, 0.25) is 0 Å². The van der Waals surface area contributed by atoms with E-state index in [0.29, 0.717) is 23.3 Å². The summed E-state index contributed by atoms with van der Waals surface area (Å²) in [6.07, 6.45) is 8.40. The molecule has 2 aromatic heterocycles. The predicted octanol–water partition coefficient (Wildman–Crippen LogP) is 1.64. The van der Waals surface area contributed by atoms with Crippen LogP contribution >= 0.6 is 0 Å². The van der Waals surface area contributed by atoms with Crippen molar-refractivity contribution in [1.82, 2.24) is 15.3 Å². The van der Waals surface area contributed by atoms with Crippen LogP contribution in [0.5, 0.6) is 0 Å². The molecule has 2 aromatic rings. The first kappa shape index (κ1) is 17.0. The fourth-order valence-electron chi connectivity index (χ4n) is 5.98. The minimum Gasteiger partial charge on any atom is -0.395 e. The van der Waals surface area contributed by atoms with Gasteiger partial charge in [-0.15, -0.1) is 0 Å². The van der Waals surface area contributed by atoms with Crippen LogP contribution in [0.4, 0.5) is 5.69 Å². The summed E-state index contributed by atoms with van der Waals surface area (Å²) in [6, 6.07) is 2.21. The Morgan fingerprint density at radius 2 is 2.07 bits per heavy atom. The molecule has 6 rings (SSSR count). The third kappa shape index (κ3) is 2.80. The van der Waals surface area contributed by atoms with E-state index in [2.05, 4.69) is 20.6 Å². The Balaban J connectivity index is 1.49. The number of hydrogen-bond acceptors (Lipinski definition) is 5. The maximum atomic E-state index is 12.6. The number of aromatic nitrogens is 2. The van der Waals surface area contributed by atoms with Crippen LogP contribution < -0.4 is 10.6 Å². The summed E-state index contributed by atoms with van der Waals surface area (Å²) in [7, 11) is 0. The molecule has 2 atom stereocenters. The lowest BCUT2D eigenvalue weighted by molar-refractivity contribution is -0.129. The summed E-state index contributed by atoms with van der Waals surface area (Å²) >= 11 is 0. The van der Waals surface area contributed by atoms with Crippen LogP contribution in [-0.4, -0.2) is 50.9 Å². The van der Waals surface area contributed by atoms with Gasteiger partial charge in [-0.25, -0.2) is 4.98 Å². The lowest BCUT2D eigenvalue weighted by Gasteiger charge is -2.58. The van der Waals surface area contributed by atoms with Crippen LogP contribution in [-0.2, 0) is 0 Å². The highest BCUT2D eigenvalue weighted by Crippen LogP contribution is 2.56. The van der Waals surface area contributed by atoms with E-state index in [-0.39, 0.29) is 25.1 Å². The number of carbonyl (C=O) groups is 1. The third-order valence-electron chi connectivity index (χ3n) is 6.78. The number of aliphatic hydroxyl groups excluding tert-OH is 1. The third-order valence-corrected chi connectivity index (χ3v) is 6.78. The molecule has 2 heterocycles. The molecule has 0 aliphatic heterocycles. The van der Waals surface area contributed by atoms with Gasteiger partial charge in [-0.1, -0.05) is 0 Å². The molecule has 0 saturated heterocycles. The molecule has 4 bridgehead atoms. The number of nitrogens with one attached hydrogen (secondary N) is 3. The number of pyridine rings is 1. The first-order chi connectivity index (χ1) is 13.1. The Hall–Kier alpha value is -2.12. The van der Waals surface area contributed by atoms with Crippen LogP contribution in [0, 0.1) is 17.8 Å². The zero-order valence-corrected chi connectivity index (χ0v) is 15.2. The van der Waals surface area contributed by atoms with Gasteiger partial charge in [-0.05, 0) is 55.9 Å². The van der Waals surface area contributed by atoms with Gasteiger partial charge in [-0.2, -0.15) is 0 Å². The molecule has 2 unspecified atom stereocenters. The number of aromatic amines is 1. The van der Waals surface area contributed by atoms with Crippen molar-refractivity contribution in [2.24, 2.45) is 17.8 Å². The van der Waals surface area contributed by atoms with Gasteiger partial charge in [0.05, 0.1) is 23.5 Å². The lowest BCUT2D eigenvalue weighted by Crippen LogP contribution is -2.59. The van der Waals surface area contributed by atoms with Crippen molar-refractivity contribution in [3.8, 4) is 0 Å². The Kier molecular flexibility index (Phi) is 3.91. The van der Waals surface area contributed by atoms with E-state index in [0.717, 1.165) is 48.8 Å². The number of fused-ring (bicyclic) bond motifs is 1. The predicted molar refractivity (Wildman–Crippen MR) is 101 cm³/mol. The van der Waals surface area contributed by atoms with E-state index >= 15 is 0 Å². The van der Waals surface area contributed by atoms with Crippen molar-refractivity contribution in [2.45, 2.75) is 43.7 Å². The zero-order chi connectivity index (χ0) is 18.6. The highest BCUT2D eigenvalue weighted by atomic mass is 16.3. The van der Waals surface area contributed by atoms with E-state index in [1.807, 2.05) is 12.3 Å². The maximum absolute atomic E-state index is 12.6. The van der Waals surface area contributed by atoms with Crippen molar-refractivity contribution < 1.29 is 15.0 Å². The van der Waals surface area contributed by atoms with Crippen LogP contribution in [0.15, 0.2) is 18.5 Å². The fourth-order valence-corrected chi connectivity index (χ4v) is 5.98. The molecule has 0 aromatic carbocycles. The molecule has 0 spiro atoms. The molecule has 4 fully saturated rings. The molecule has 5 N–H and O–H groups in total. The molecule has 144 valence electrons. The SMILES string of the molecule is O=C(NCCO)c1cnc2[nH]ccc2c1NC1C2CC3CC1CC(O)(C3)C2. The number of amides is 1. The number of aliphatic hydroxyl groups is 2. The lowest BCUT2D eigenvalue weighted by atomic mass is 9.52. The largest absolute Gasteiger partial charge is 0.395 e. The standard InChI is InChI=1S/C20H26N4O3/c25-4-3-22-19(26)15-10-23-18-14(1-2-21-18)17(15)24-16-12-5-11-6-13(16)9-20(27,7-11)8-12/h1-2,10-13,16,25,27H,3-9H2,(H,22,26)(H2,21,23,24). The average molecular weight is 370 g/mol. The summed E-state index contributed by atoms with van der Waals surface area (Å²) in [5.41, 5.74) is 1.58. The zero-order valence-electron chi connectivity index (χ0n) is 15.2. The highest BCUT2D eigenvalue weighted by Gasteiger charge is 2.54. The monoisotopic (exact) mass is 370 g/mol. The second-order valence-corrected chi connectivity index (χ2v) is 8.63. The van der Waals surface area contributed by atoms with Gasteiger partial charge in [-0.3, -0.25) is 4.79 Å². The summed E-state index contributed by atoms with van der Waals surface area (Å²) in [5, 5.41) is 27.2. The number of nitrogens with zero attached hydrogens (tertiary/aromatic N) is 1. The minimum atomic E-state index is -0.475. The van der Waals surface area contributed by atoms with E-state index in [1.165, 1.54) is 0 Å². The molecule has 4 saturated carbocycles. The molecule has 0 radical (unpaired) electrons. The second-order valence-electron chi connectivity index (χ2n) is 8.63. The topological polar surface area (TPSA) is 110 Å². The summed E-state index contributed by atoms with van der Waals surface area (Å²) in [4.78, 5) is 20.1. The van der Waals surface area contributed by atoms with E-state index in [9.17, 15) is 9.90 Å². The first-order valence-electron chi connectivity index (χ1n) is 9.90. The number of rotatable bonds is 5. The number of H-pyrrole nitrogens is 1. The van der Waals surface area contributed by atoms with Crippen molar-refractivity contribution in [3.05, 3.63) is 24.0 Å².